The molecule has 0 fully saturated rings. The van der Waals surface area contributed by atoms with Crippen molar-refractivity contribution in [2.75, 3.05) is 24.7 Å². The molecular weight excluding hydrogens is 608 g/mol. The molecule has 35 heavy (non-hydrogen) atoms. The monoisotopic (exact) mass is 658 g/mol. The Bertz CT molecular complexity index is 524. The van der Waals surface area contributed by atoms with E-state index in [2.05, 4.69) is 55.4 Å². The summed E-state index contributed by atoms with van der Waals surface area (Å²) in [4.78, 5) is 23.9. The molecule has 0 aromatic carbocycles. The van der Waals surface area contributed by atoms with Crippen LogP contribution in [-0.2, 0) is 52.1 Å². The fraction of sp³-hybridized carbons (Fsp3) is 1.00. The Kier molecular flexibility index (Phi) is 30.5. The van der Waals surface area contributed by atoms with E-state index in [0.717, 1.165) is 37.2 Å². The van der Waals surface area contributed by atoms with Crippen LogP contribution in [0.1, 0.15) is 107 Å². The van der Waals surface area contributed by atoms with Crippen LogP contribution in [0.5, 0.6) is 0 Å². The summed E-state index contributed by atoms with van der Waals surface area (Å²) in [5.41, 5.74) is -5.69. The van der Waals surface area contributed by atoms with Crippen LogP contribution in [0, 0.1) is 23.7 Å². The van der Waals surface area contributed by atoms with Crippen LogP contribution in [0.3, 0.4) is 0 Å². The van der Waals surface area contributed by atoms with Gasteiger partial charge < -0.3 is 18.8 Å². The first-order valence-corrected chi connectivity index (χ1v) is 21.5. The van der Waals surface area contributed by atoms with Gasteiger partial charge in [-0.2, -0.15) is 0 Å². The number of hydrogen-bond donors (Lipinski definition) is 0. The van der Waals surface area contributed by atoms with E-state index in [9.17, 15) is 9.79 Å². The quantitative estimate of drug-likeness (QED) is 0.0954. The zero-order valence-electron chi connectivity index (χ0n) is 23.7. The molecule has 0 saturated carbocycles. The normalized spacial score (nSPS) is 16.6. The molecule has 0 rings (SSSR count). The fourth-order valence-corrected chi connectivity index (χ4v) is 9.80. The molecule has 0 aliphatic carbocycles. The zero-order valence-corrected chi connectivity index (χ0v) is 31.7. The predicted molar refractivity (Wildman–Crippen MR) is 162 cm³/mol. The van der Waals surface area contributed by atoms with Crippen LogP contribution >= 0.6 is 34.2 Å². The molecule has 4 atom stereocenters. The van der Waals surface area contributed by atoms with Gasteiger partial charge in [-0.1, -0.05) is 118 Å². The fourth-order valence-electron chi connectivity index (χ4n) is 2.74. The summed E-state index contributed by atoms with van der Waals surface area (Å²) >= 11 is 12.7. The molecule has 0 heterocycles. The van der Waals surface area contributed by atoms with Crippen LogP contribution in [-0.4, -0.2) is 24.7 Å². The Labute approximate surface area is 249 Å². The molecule has 0 N–H and O–H groups in total. The van der Waals surface area contributed by atoms with E-state index in [1.165, 1.54) is 48.4 Å². The van der Waals surface area contributed by atoms with Gasteiger partial charge in [-0.25, -0.2) is 0 Å². The Balaban J connectivity index is -0.000000569. The maximum atomic E-state index is 12.0. The standard InChI is InChI=1S/2C12H27O2PS2.Zn/c2*1-5-7-8-12(6-2)9-14-15(13,16)17-10-11(3)4;/h2*11-12H,5-10H2,1-4H3,(H,13,16);/q;;+2/p-2. The third-order valence-electron chi connectivity index (χ3n) is 5.16. The molecule has 0 radical (unpaired) electrons. The molecule has 208 valence electrons. The summed E-state index contributed by atoms with van der Waals surface area (Å²) in [5.74, 6) is 3.64. The van der Waals surface area contributed by atoms with Crippen molar-refractivity contribution in [3.05, 3.63) is 0 Å². The van der Waals surface area contributed by atoms with Gasteiger partial charge in [0.05, 0.1) is 13.2 Å². The maximum absolute atomic E-state index is 12.0. The van der Waals surface area contributed by atoms with Crippen molar-refractivity contribution in [3.8, 4) is 0 Å². The van der Waals surface area contributed by atoms with E-state index in [0.29, 0.717) is 36.9 Å². The van der Waals surface area contributed by atoms with Crippen molar-refractivity contribution in [1.82, 2.24) is 0 Å². The van der Waals surface area contributed by atoms with Crippen molar-refractivity contribution >= 4 is 57.8 Å². The Morgan fingerprint density at radius 3 is 1.23 bits per heavy atom. The minimum atomic E-state index is -2.85. The predicted octanol–water partition coefficient (Wildman–Crippen LogP) is 8.38. The smallest absolute Gasteiger partial charge is 0.793 e. The number of hydrogen-bond acceptors (Lipinski definition) is 8. The van der Waals surface area contributed by atoms with E-state index in [4.69, 9.17) is 32.7 Å². The summed E-state index contributed by atoms with van der Waals surface area (Å²) in [6.07, 6.45) is 9.27. The molecule has 0 aliphatic heterocycles. The topological polar surface area (TPSA) is 64.6 Å². The zero-order chi connectivity index (χ0) is 26.6. The summed E-state index contributed by atoms with van der Waals surface area (Å²) in [5, 5.41) is 0. The second-order valence-electron chi connectivity index (χ2n) is 9.70. The molecule has 0 saturated heterocycles. The van der Waals surface area contributed by atoms with Crippen LogP contribution in [0.2, 0.25) is 0 Å². The van der Waals surface area contributed by atoms with Gasteiger partial charge in [0.1, 0.15) is 0 Å². The Hall–Kier alpha value is 2.46. The maximum Gasteiger partial charge on any atom is 2.00 e. The van der Waals surface area contributed by atoms with E-state index in [1.807, 2.05) is 0 Å². The molecule has 11 heteroatoms. The second-order valence-corrected chi connectivity index (χ2v) is 21.9. The first-order valence-electron chi connectivity index (χ1n) is 13.0. The molecule has 4 nitrogen and oxygen atoms in total. The number of rotatable bonds is 20. The summed E-state index contributed by atoms with van der Waals surface area (Å²) in [6.45, 7) is 18.2. The summed E-state index contributed by atoms with van der Waals surface area (Å²) in [6, 6.07) is 0. The van der Waals surface area contributed by atoms with Crippen LogP contribution < -0.4 is 9.79 Å². The van der Waals surface area contributed by atoms with Gasteiger partial charge >= 0.3 is 19.5 Å². The average molecular weight is 660 g/mol. The van der Waals surface area contributed by atoms with Crippen molar-refractivity contribution in [3.63, 3.8) is 0 Å². The largest absolute Gasteiger partial charge is 2.00 e. The van der Waals surface area contributed by atoms with Crippen molar-refractivity contribution in [1.29, 1.82) is 0 Å². The Morgan fingerprint density at radius 1 is 0.686 bits per heavy atom. The van der Waals surface area contributed by atoms with Crippen LogP contribution in [0.25, 0.3) is 0 Å². The van der Waals surface area contributed by atoms with E-state index >= 15 is 0 Å². The Morgan fingerprint density at radius 2 is 1.00 bits per heavy atom. The van der Waals surface area contributed by atoms with Crippen molar-refractivity contribution < 1.29 is 38.3 Å². The molecule has 0 amide bonds. The molecule has 4 unspecified atom stereocenters. The van der Waals surface area contributed by atoms with Crippen LogP contribution in [0.15, 0.2) is 0 Å². The molecule has 0 spiro atoms. The molecule has 0 aromatic rings. The van der Waals surface area contributed by atoms with Gasteiger partial charge in [0.25, 0.3) is 0 Å². The first-order chi connectivity index (χ1) is 15.8. The van der Waals surface area contributed by atoms with Gasteiger partial charge in [-0.3, -0.25) is 0 Å². The molecule has 0 aromatic heterocycles. The number of unbranched alkanes of at least 4 members (excludes halogenated alkanes) is 2. The van der Waals surface area contributed by atoms with Crippen LogP contribution in [0.4, 0.5) is 0 Å². The van der Waals surface area contributed by atoms with Gasteiger partial charge in [0.2, 0.25) is 0 Å². The van der Waals surface area contributed by atoms with E-state index < -0.39 is 11.4 Å². The summed E-state index contributed by atoms with van der Waals surface area (Å²) in [7, 11) is 0. The van der Waals surface area contributed by atoms with Gasteiger partial charge in [0, 0.05) is 22.9 Å². The third-order valence-corrected chi connectivity index (χ3v) is 14.3. The molecular formula is C24H52O4P2S4Zn. The van der Waals surface area contributed by atoms with E-state index in [1.54, 1.807) is 0 Å². The SMILES string of the molecule is CCCCC(CC)COP([O-])(=S)SCC(C)C.CCCCC(CC)COP([O-])(=S)SCC(C)C.[Zn+2]. The minimum absolute atomic E-state index is 0. The molecule has 0 aliphatic rings. The average Bonchev–Trinajstić information content (AvgIpc) is 2.77. The van der Waals surface area contributed by atoms with Gasteiger partial charge in [-0.05, 0) is 36.5 Å². The van der Waals surface area contributed by atoms with E-state index in [-0.39, 0.29) is 19.5 Å². The summed E-state index contributed by atoms with van der Waals surface area (Å²) < 4.78 is 10.9. The van der Waals surface area contributed by atoms with Crippen molar-refractivity contribution in [2.24, 2.45) is 23.7 Å². The second kappa shape index (κ2) is 25.4. The van der Waals surface area contributed by atoms with Crippen molar-refractivity contribution in [2.45, 2.75) is 107 Å². The van der Waals surface area contributed by atoms with Gasteiger partial charge in [0.15, 0.2) is 0 Å². The first kappa shape index (κ1) is 41.9. The minimum Gasteiger partial charge on any atom is -0.793 e. The molecule has 0 bridgehead atoms. The third kappa shape index (κ3) is 29.3. The van der Waals surface area contributed by atoms with Gasteiger partial charge in [-0.15, -0.1) is 22.8 Å².